The molecule has 0 aliphatic carbocycles. The van der Waals surface area contributed by atoms with Crippen LogP contribution in [0.1, 0.15) is 24.4 Å². The fourth-order valence-corrected chi connectivity index (χ4v) is 6.95. The fourth-order valence-electron chi connectivity index (χ4n) is 4.39. The Morgan fingerprint density at radius 3 is 2.74 bits per heavy atom. The number of nitrogens with two attached hydrogens (primary N) is 2. The molecule has 42 heavy (non-hydrogen) atoms. The van der Waals surface area contributed by atoms with Crippen LogP contribution in [0.2, 0.25) is 0 Å². The number of β-lactam (4-membered cyclic amide) rings is 1. The van der Waals surface area contributed by atoms with Crippen molar-refractivity contribution in [2.45, 2.75) is 31.0 Å². The number of hydrogen-bond donors (Lipinski definition) is 5. The topological polar surface area (TPSA) is 219 Å². The lowest BCUT2D eigenvalue weighted by Gasteiger charge is -2.49. The number of carbonyl (C=O) groups is 4. The van der Waals surface area contributed by atoms with E-state index in [2.05, 4.69) is 25.8 Å². The van der Waals surface area contributed by atoms with E-state index >= 15 is 0 Å². The van der Waals surface area contributed by atoms with Crippen molar-refractivity contribution in [1.29, 1.82) is 0 Å². The zero-order valence-electron chi connectivity index (χ0n) is 21.8. The van der Waals surface area contributed by atoms with Crippen molar-refractivity contribution in [1.82, 2.24) is 20.2 Å². The predicted octanol–water partition coefficient (Wildman–Crippen LogP) is 0.541. The van der Waals surface area contributed by atoms with E-state index in [1.165, 1.54) is 33.4 Å². The molecule has 0 aromatic carbocycles. The second-order valence-electron chi connectivity index (χ2n) is 8.98. The quantitative estimate of drug-likeness (QED) is 0.0647. The minimum atomic E-state index is -1.26. The van der Waals surface area contributed by atoms with Gasteiger partial charge in [0, 0.05) is 35.1 Å². The van der Waals surface area contributed by atoms with Crippen molar-refractivity contribution in [3.63, 3.8) is 0 Å². The van der Waals surface area contributed by atoms with Crippen LogP contribution in [0.4, 0.5) is 16.0 Å². The van der Waals surface area contributed by atoms with Gasteiger partial charge in [-0.2, -0.15) is 4.57 Å². The zero-order chi connectivity index (χ0) is 30.0. The highest BCUT2D eigenvalue weighted by molar-refractivity contribution is 8.00. The number of pyridine rings is 1. The lowest BCUT2D eigenvalue weighted by Crippen LogP contribution is -2.71. The van der Waals surface area contributed by atoms with Crippen LogP contribution in [0, 0.1) is 0 Å². The van der Waals surface area contributed by atoms with Crippen LogP contribution < -0.4 is 26.7 Å². The van der Waals surface area contributed by atoms with Crippen LogP contribution in [0.25, 0.3) is 0 Å². The average Bonchev–Trinajstić information content (AvgIpc) is 3.60. The monoisotopic (exact) mass is 630 g/mol. The zero-order valence-corrected chi connectivity index (χ0v) is 24.2. The molecule has 3 aromatic heterocycles. The summed E-state index contributed by atoms with van der Waals surface area (Å²) in [6.07, 6.45) is 3.95. The largest absolute Gasteiger partial charge is 0.477 e. The number of aliphatic carboxylic acids is 1. The van der Waals surface area contributed by atoms with Gasteiger partial charge < -0.3 is 32.0 Å². The highest BCUT2D eigenvalue weighted by Gasteiger charge is 2.55. The number of fused-ring (bicyclic) bond motifs is 1. The first-order chi connectivity index (χ1) is 20.2. The van der Waals surface area contributed by atoms with E-state index in [0.29, 0.717) is 28.5 Å². The van der Waals surface area contributed by atoms with Gasteiger partial charge in [-0.3, -0.25) is 19.3 Å². The van der Waals surface area contributed by atoms with E-state index in [1.807, 2.05) is 0 Å². The van der Waals surface area contributed by atoms with Crippen LogP contribution in [0.3, 0.4) is 0 Å². The smallest absolute Gasteiger partial charge is 0.352 e. The van der Waals surface area contributed by atoms with Gasteiger partial charge in [-0.1, -0.05) is 5.16 Å². The van der Waals surface area contributed by atoms with Gasteiger partial charge in [0.25, 0.3) is 11.8 Å². The number of hydrogen-bond acceptors (Lipinski definition) is 13. The van der Waals surface area contributed by atoms with Gasteiger partial charge in [0.1, 0.15) is 28.5 Å². The van der Waals surface area contributed by atoms with E-state index in [9.17, 15) is 24.3 Å². The molecule has 7 N–H and O–H groups in total. The maximum absolute atomic E-state index is 13.3. The summed E-state index contributed by atoms with van der Waals surface area (Å²) in [6, 6.07) is 1.95. The molecular weight excluding hydrogens is 607 g/mol. The molecule has 218 valence electrons. The molecule has 0 saturated carbocycles. The van der Waals surface area contributed by atoms with Crippen molar-refractivity contribution in [3.8, 4) is 0 Å². The van der Waals surface area contributed by atoms with Gasteiger partial charge in [-0.25, -0.2) is 14.8 Å². The molecular formula is C24H24N9O6S3+. The maximum atomic E-state index is 13.3. The highest BCUT2D eigenvalue weighted by atomic mass is 32.2. The fraction of sp³-hybridized carbons (Fsp3) is 0.250. The normalized spacial score (nSPS) is 19.0. The molecule has 18 heteroatoms. The Morgan fingerprint density at radius 1 is 1.31 bits per heavy atom. The summed E-state index contributed by atoms with van der Waals surface area (Å²) in [5.41, 5.74) is 12.7. The molecule has 2 unspecified atom stereocenters. The average molecular weight is 631 g/mol. The van der Waals surface area contributed by atoms with E-state index in [-0.39, 0.29) is 34.6 Å². The lowest BCUT2D eigenvalue weighted by molar-refractivity contribution is -0.710. The molecule has 3 amide bonds. The highest BCUT2D eigenvalue weighted by Crippen LogP contribution is 2.42. The number of carboxylic acid groups (broad SMARTS) is 1. The second-order valence-corrected chi connectivity index (χ2v) is 11.9. The van der Waals surface area contributed by atoms with Gasteiger partial charge in [0.05, 0.1) is 5.69 Å². The second kappa shape index (κ2) is 12.1. The van der Waals surface area contributed by atoms with Gasteiger partial charge in [0.2, 0.25) is 6.41 Å². The van der Waals surface area contributed by atoms with Gasteiger partial charge in [-0.05, 0) is 6.07 Å². The molecule has 0 radical (unpaired) electrons. The summed E-state index contributed by atoms with van der Waals surface area (Å²) in [4.78, 5) is 64.5. The SMILES string of the molecule is CC(C1=C(C(=O)O)N2C(=O)C(NC(=O)/C(=N\OCc3csc(N)n3)c3csc(N)n3)[C@@H]2SC1)[n+]1cccc(NC=O)c1. The summed E-state index contributed by atoms with van der Waals surface area (Å²) >= 11 is 3.65. The van der Waals surface area contributed by atoms with Gasteiger partial charge >= 0.3 is 5.97 Å². The first-order valence-corrected chi connectivity index (χ1v) is 15.0. The Bertz CT molecular complexity index is 1620. The number of thiazole rings is 2. The number of nitrogen functional groups attached to an aromatic ring is 2. The van der Waals surface area contributed by atoms with Gasteiger partial charge in [-0.15, -0.1) is 34.4 Å². The molecule has 0 spiro atoms. The molecule has 1 saturated heterocycles. The van der Waals surface area contributed by atoms with Crippen molar-refractivity contribution in [3.05, 3.63) is 57.9 Å². The molecule has 0 bridgehead atoms. The van der Waals surface area contributed by atoms with Crippen LogP contribution >= 0.6 is 34.4 Å². The molecule has 3 atom stereocenters. The van der Waals surface area contributed by atoms with Crippen LogP contribution in [-0.4, -0.2) is 67.0 Å². The number of nitrogens with one attached hydrogen (secondary N) is 2. The summed E-state index contributed by atoms with van der Waals surface area (Å²) in [5, 5.41) is 22.4. The van der Waals surface area contributed by atoms with E-state index < -0.39 is 35.2 Å². The van der Waals surface area contributed by atoms with Crippen LogP contribution in [0.5, 0.6) is 0 Å². The number of anilines is 3. The minimum Gasteiger partial charge on any atom is -0.477 e. The number of rotatable bonds is 11. The molecule has 1 fully saturated rings. The third kappa shape index (κ3) is 5.76. The lowest BCUT2D eigenvalue weighted by atomic mass is 9.99. The van der Waals surface area contributed by atoms with E-state index in [4.69, 9.17) is 16.3 Å². The first-order valence-electron chi connectivity index (χ1n) is 12.2. The minimum absolute atomic E-state index is 0.0570. The number of aromatic nitrogens is 3. The molecule has 2 aliphatic heterocycles. The van der Waals surface area contributed by atoms with Crippen molar-refractivity contribution in [2.24, 2.45) is 5.16 Å². The van der Waals surface area contributed by atoms with Crippen LogP contribution in [0.15, 0.2) is 51.7 Å². The number of oxime groups is 1. The Labute approximate surface area is 250 Å². The number of nitrogens with zero attached hydrogens (tertiary/aromatic N) is 5. The summed E-state index contributed by atoms with van der Waals surface area (Å²) in [5.74, 6) is -2.31. The number of carbonyl (C=O) groups excluding carboxylic acids is 3. The third-order valence-corrected chi connectivity index (χ3v) is 9.10. The standard InChI is InChI=1S/C24H23N9O6S3/c1-11(32-4-2-3-12(5-32)27-10-34)14-8-40-21-17(20(36)33(21)18(14)22(37)38)30-19(35)16(15-9-42-24(26)29-15)31-39-6-13-7-41-23(25)28-13/h2-5,7,9-11,17,21H,6,8H2,1H3,(H6-,25,26,27,28,29,30,34,35,37,38)/p+1/b31-16-/t11?,17?,21-/m0/s1. The van der Waals surface area contributed by atoms with E-state index in [0.717, 1.165) is 11.3 Å². The number of thioether (sulfide) groups is 1. The molecule has 15 nitrogen and oxygen atoms in total. The third-order valence-electron chi connectivity index (χ3n) is 6.40. The summed E-state index contributed by atoms with van der Waals surface area (Å²) in [6.45, 7) is 1.74. The van der Waals surface area contributed by atoms with Crippen molar-refractivity contribution in [2.75, 3.05) is 22.5 Å². The summed E-state index contributed by atoms with van der Waals surface area (Å²) in [7, 11) is 0. The van der Waals surface area contributed by atoms with Gasteiger partial charge in [0.15, 0.2) is 41.0 Å². The van der Waals surface area contributed by atoms with Crippen molar-refractivity contribution >= 4 is 80.3 Å². The molecule has 3 aromatic rings. The van der Waals surface area contributed by atoms with E-state index in [1.54, 1.807) is 41.4 Å². The maximum Gasteiger partial charge on any atom is 0.352 e. The Morgan fingerprint density at radius 2 is 2.07 bits per heavy atom. The molecule has 5 heterocycles. The van der Waals surface area contributed by atoms with Crippen molar-refractivity contribution < 1.29 is 33.7 Å². The summed E-state index contributed by atoms with van der Waals surface area (Å²) < 4.78 is 1.75. The number of carboxylic acids is 1. The molecule has 2 aliphatic rings. The predicted molar refractivity (Wildman–Crippen MR) is 155 cm³/mol. The molecule has 5 rings (SSSR count). The Balaban J connectivity index is 1.34. The number of amides is 3. The first kappa shape index (κ1) is 29.0. The Hall–Kier alpha value is -4.55. The Kier molecular flexibility index (Phi) is 8.36. The van der Waals surface area contributed by atoms with Crippen LogP contribution in [-0.2, 0) is 30.6 Å².